The summed E-state index contributed by atoms with van der Waals surface area (Å²) >= 11 is 0. The minimum Gasteiger partial charge on any atom is -0.338 e. The van der Waals surface area contributed by atoms with E-state index in [2.05, 4.69) is 25.4 Å². The normalized spacial score (nSPS) is 11.1. The molecule has 0 bridgehead atoms. The van der Waals surface area contributed by atoms with E-state index in [0.717, 1.165) is 0 Å². The zero-order valence-corrected chi connectivity index (χ0v) is 10.9. The lowest BCUT2D eigenvalue weighted by Gasteiger charge is -2.03. The highest BCUT2D eigenvalue weighted by atomic mass is 16.5. The molecule has 0 atom stereocenters. The van der Waals surface area contributed by atoms with Crippen molar-refractivity contribution in [1.29, 1.82) is 0 Å². The number of aryl methyl sites for hydroxylation is 1. The Labute approximate surface area is 114 Å². The Morgan fingerprint density at radius 2 is 2.10 bits per heavy atom. The van der Waals surface area contributed by atoms with Crippen LogP contribution in [0, 0.1) is 6.92 Å². The van der Waals surface area contributed by atoms with Gasteiger partial charge in [-0.15, -0.1) is 0 Å². The highest BCUT2D eigenvalue weighted by Crippen LogP contribution is 2.05. The highest BCUT2D eigenvalue weighted by Gasteiger charge is 2.05. The molecule has 3 aromatic rings. The summed E-state index contributed by atoms with van der Waals surface area (Å²) in [5.74, 6) is 1.68. The minimum absolute atomic E-state index is 0.138. The van der Waals surface area contributed by atoms with Crippen LogP contribution in [-0.4, -0.2) is 20.1 Å². The molecule has 2 heterocycles. The van der Waals surface area contributed by atoms with Crippen LogP contribution in [-0.2, 0) is 13.1 Å². The van der Waals surface area contributed by atoms with Crippen LogP contribution in [0.15, 0.2) is 33.6 Å². The van der Waals surface area contributed by atoms with Crippen LogP contribution in [0.5, 0.6) is 0 Å². The third kappa shape index (κ3) is 2.57. The lowest BCUT2D eigenvalue weighted by molar-refractivity contribution is 0.363. The van der Waals surface area contributed by atoms with Gasteiger partial charge < -0.3 is 14.8 Å². The van der Waals surface area contributed by atoms with E-state index in [1.54, 1.807) is 13.0 Å². The largest absolute Gasteiger partial charge is 0.338 e. The average molecular weight is 271 g/mol. The van der Waals surface area contributed by atoms with Crippen molar-refractivity contribution < 1.29 is 4.52 Å². The van der Waals surface area contributed by atoms with Gasteiger partial charge in [0.1, 0.15) is 5.82 Å². The quantitative estimate of drug-likeness (QED) is 0.732. The zero-order valence-electron chi connectivity index (χ0n) is 10.9. The van der Waals surface area contributed by atoms with Gasteiger partial charge in [-0.1, -0.05) is 17.3 Å². The van der Waals surface area contributed by atoms with Crippen LogP contribution in [0.4, 0.5) is 0 Å². The molecule has 0 saturated heterocycles. The molecule has 7 heteroatoms. The molecule has 0 saturated carbocycles. The maximum absolute atomic E-state index is 11.9. The van der Waals surface area contributed by atoms with E-state index in [9.17, 15) is 4.79 Å². The summed E-state index contributed by atoms with van der Waals surface area (Å²) in [4.78, 5) is 23.1. The Bertz CT molecular complexity index is 793. The van der Waals surface area contributed by atoms with Gasteiger partial charge in [0.15, 0.2) is 5.82 Å². The highest BCUT2D eigenvalue weighted by molar-refractivity contribution is 5.77. The van der Waals surface area contributed by atoms with E-state index in [-0.39, 0.29) is 5.56 Å². The number of para-hydroxylation sites is 1. The van der Waals surface area contributed by atoms with Gasteiger partial charge in [-0.3, -0.25) is 4.79 Å². The molecule has 0 aliphatic carbocycles. The molecule has 3 rings (SSSR count). The monoisotopic (exact) mass is 271 g/mol. The van der Waals surface area contributed by atoms with Crippen molar-refractivity contribution in [2.24, 2.45) is 0 Å². The second-order valence-corrected chi connectivity index (χ2v) is 4.37. The summed E-state index contributed by atoms with van der Waals surface area (Å²) in [6.45, 7) is 2.61. The zero-order chi connectivity index (χ0) is 13.9. The van der Waals surface area contributed by atoms with Crippen molar-refractivity contribution in [2.45, 2.75) is 20.0 Å². The van der Waals surface area contributed by atoms with E-state index in [1.807, 2.05) is 18.2 Å². The number of aromatic amines is 1. The van der Waals surface area contributed by atoms with E-state index in [4.69, 9.17) is 4.52 Å². The number of benzene rings is 1. The number of hydrogen-bond donors (Lipinski definition) is 2. The molecule has 0 unspecified atom stereocenters. The van der Waals surface area contributed by atoms with Crippen LogP contribution in [0.2, 0.25) is 0 Å². The molecule has 7 nitrogen and oxygen atoms in total. The van der Waals surface area contributed by atoms with Gasteiger partial charge in [0.25, 0.3) is 5.56 Å². The lowest BCUT2D eigenvalue weighted by atomic mass is 10.2. The first-order chi connectivity index (χ1) is 9.72. The van der Waals surface area contributed by atoms with Crippen molar-refractivity contribution in [3.05, 3.63) is 52.2 Å². The summed E-state index contributed by atoms with van der Waals surface area (Å²) < 4.78 is 4.98. The fourth-order valence-electron chi connectivity index (χ4n) is 1.92. The van der Waals surface area contributed by atoms with Crippen LogP contribution in [0.1, 0.15) is 17.5 Å². The molecular formula is C13H13N5O2. The number of nitrogens with zero attached hydrogens (tertiary/aromatic N) is 3. The molecule has 0 amide bonds. The summed E-state index contributed by atoms with van der Waals surface area (Å²) in [6, 6.07) is 7.23. The van der Waals surface area contributed by atoms with E-state index in [1.165, 1.54) is 0 Å². The van der Waals surface area contributed by atoms with Crippen LogP contribution in [0.25, 0.3) is 10.9 Å². The average Bonchev–Trinajstić information content (AvgIpc) is 2.85. The molecule has 2 aromatic heterocycles. The second kappa shape index (κ2) is 5.22. The Balaban J connectivity index is 1.73. The number of nitrogens with one attached hydrogen (secondary N) is 2. The maximum Gasteiger partial charge on any atom is 0.258 e. The van der Waals surface area contributed by atoms with Crippen molar-refractivity contribution in [3.63, 3.8) is 0 Å². The number of hydrogen-bond acceptors (Lipinski definition) is 6. The van der Waals surface area contributed by atoms with Crippen molar-refractivity contribution in [2.75, 3.05) is 0 Å². The first-order valence-corrected chi connectivity index (χ1v) is 6.20. The van der Waals surface area contributed by atoms with Gasteiger partial charge in [0, 0.05) is 0 Å². The van der Waals surface area contributed by atoms with E-state index < -0.39 is 0 Å². The Morgan fingerprint density at radius 3 is 2.90 bits per heavy atom. The fourth-order valence-corrected chi connectivity index (χ4v) is 1.92. The van der Waals surface area contributed by atoms with Crippen LogP contribution in [0.3, 0.4) is 0 Å². The standard InChI is InChI=1S/C13H13N5O2/c1-8-15-12(20-18-8)7-14-6-11-16-10-5-3-2-4-9(10)13(19)17-11/h2-5,14H,6-7H2,1H3,(H,16,17,19). The second-order valence-electron chi connectivity index (χ2n) is 4.37. The molecule has 1 aromatic carbocycles. The Kier molecular flexibility index (Phi) is 3.26. The first kappa shape index (κ1) is 12.5. The van der Waals surface area contributed by atoms with Gasteiger partial charge in [0.05, 0.1) is 24.0 Å². The van der Waals surface area contributed by atoms with E-state index in [0.29, 0.717) is 41.5 Å². The molecular weight excluding hydrogens is 258 g/mol. The third-order valence-electron chi connectivity index (χ3n) is 2.80. The molecule has 2 N–H and O–H groups in total. The van der Waals surface area contributed by atoms with Crippen LogP contribution >= 0.6 is 0 Å². The van der Waals surface area contributed by atoms with Crippen molar-refractivity contribution in [3.8, 4) is 0 Å². The smallest absolute Gasteiger partial charge is 0.258 e. The summed E-state index contributed by atoms with van der Waals surface area (Å²) in [5, 5.41) is 7.38. The number of rotatable bonds is 4. The maximum atomic E-state index is 11.9. The lowest BCUT2D eigenvalue weighted by Crippen LogP contribution is -2.19. The number of aromatic nitrogens is 4. The third-order valence-corrected chi connectivity index (χ3v) is 2.80. The van der Waals surface area contributed by atoms with Crippen molar-refractivity contribution in [1.82, 2.24) is 25.4 Å². The Hall–Kier alpha value is -2.54. The van der Waals surface area contributed by atoms with Gasteiger partial charge in [-0.05, 0) is 19.1 Å². The number of H-pyrrole nitrogens is 1. The van der Waals surface area contributed by atoms with Gasteiger partial charge >= 0.3 is 0 Å². The summed E-state index contributed by atoms with van der Waals surface area (Å²) in [6.07, 6.45) is 0. The first-order valence-electron chi connectivity index (χ1n) is 6.20. The molecule has 0 aliphatic rings. The summed E-state index contributed by atoms with van der Waals surface area (Å²) in [7, 11) is 0. The van der Waals surface area contributed by atoms with Gasteiger partial charge in [-0.25, -0.2) is 4.98 Å². The summed E-state index contributed by atoms with van der Waals surface area (Å²) in [5.41, 5.74) is 0.544. The molecule has 102 valence electrons. The molecule has 0 radical (unpaired) electrons. The Morgan fingerprint density at radius 1 is 1.25 bits per heavy atom. The van der Waals surface area contributed by atoms with Crippen LogP contribution < -0.4 is 10.9 Å². The molecule has 20 heavy (non-hydrogen) atoms. The van der Waals surface area contributed by atoms with E-state index >= 15 is 0 Å². The molecule has 0 spiro atoms. The molecule has 0 fully saturated rings. The van der Waals surface area contributed by atoms with Gasteiger partial charge in [-0.2, -0.15) is 4.98 Å². The SMILES string of the molecule is Cc1noc(CNCc2nc3ccccc3c(=O)[nH]2)n1. The predicted octanol–water partition coefficient (Wildman–Crippen LogP) is 0.904. The topological polar surface area (TPSA) is 96.7 Å². The molecule has 0 aliphatic heterocycles. The van der Waals surface area contributed by atoms with Gasteiger partial charge in [0.2, 0.25) is 5.89 Å². The fraction of sp³-hybridized carbons (Fsp3) is 0.231. The van der Waals surface area contributed by atoms with Crippen molar-refractivity contribution >= 4 is 10.9 Å². The predicted molar refractivity (Wildman–Crippen MR) is 71.9 cm³/mol. The number of fused-ring (bicyclic) bond motifs is 1. The minimum atomic E-state index is -0.138.